The summed E-state index contributed by atoms with van der Waals surface area (Å²) in [4.78, 5) is 29.3. The molecule has 1 amide bonds. The number of amides is 1. The van der Waals surface area contributed by atoms with Crippen LogP contribution in [0.2, 0.25) is 0 Å². The predicted molar refractivity (Wildman–Crippen MR) is 106 cm³/mol. The van der Waals surface area contributed by atoms with Crippen molar-refractivity contribution in [3.8, 4) is 11.4 Å². The van der Waals surface area contributed by atoms with Crippen LogP contribution in [-0.4, -0.2) is 45.1 Å². The van der Waals surface area contributed by atoms with Crippen molar-refractivity contribution in [1.29, 1.82) is 0 Å². The van der Waals surface area contributed by atoms with Gasteiger partial charge in [-0.2, -0.15) is 4.98 Å². The Labute approximate surface area is 165 Å². The van der Waals surface area contributed by atoms with E-state index in [1.54, 1.807) is 4.90 Å². The third kappa shape index (κ3) is 6.48. The lowest BCUT2D eigenvalue weighted by Crippen LogP contribution is -2.36. The molecule has 0 unspecified atom stereocenters. The third-order valence-electron chi connectivity index (χ3n) is 4.39. The van der Waals surface area contributed by atoms with Gasteiger partial charge in [0.15, 0.2) is 0 Å². The van der Waals surface area contributed by atoms with Gasteiger partial charge in [-0.05, 0) is 17.4 Å². The summed E-state index contributed by atoms with van der Waals surface area (Å²) in [6.45, 7) is 9.01. The molecule has 1 N–H and O–H groups in total. The van der Waals surface area contributed by atoms with Crippen molar-refractivity contribution >= 4 is 11.9 Å². The topological polar surface area (TPSA) is 96.5 Å². The van der Waals surface area contributed by atoms with Crippen LogP contribution in [0.5, 0.6) is 0 Å². The highest BCUT2D eigenvalue weighted by molar-refractivity contribution is 5.77. The molecule has 0 fully saturated rings. The zero-order valence-electron chi connectivity index (χ0n) is 17.0. The maximum Gasteiger partial charge on any atom is 0.305 e. The smallest absolute Gasteiger partial charge is 0.305 e. The summed E-state index contributed by atoms with van der Waals surface area (Å²) in [5.74, 6) is 0.613. The summed E-state index contributed by atoms with van der Waals surface area (Å²) in [6, 6.07) is 8.02. The van der Waals surface area contributed by atoms with Gasteiger partial charge in [0.25, 0.3) is 0 Å². The van der Waals surface area contributed by atoms with Gasteiger partial charge in [0.2, 0.25) is 17.6 Å². The van der Waals surface area contributed by atoms with E-state index in [-0.39, 0.29) is 31.2 Å². The first-order chi connectivity index (χ1) is 13.3. The molecule has 7 heteroatoms. The second kappa shape index (κ2) is 10.0. The van der Waals surface area contributed by atoms with Crippen molar-refractivity contribution in [2.45, 2.75) is 52.9 Å². The van der Waals surface area contributed by atoms with Gasteiger partial charge in [-0.3, -0.25) is 9.59 Å². The Bertz CT molecular complexity index is 781. The van der Waals surface area contributed by atoms with Crippen LogP contribution in [0.1, 0.15) is 57.9 Å². The maximum atomic E-state index is 12.5. The van der Waals surface area contributed by atoms with Crippen molar-refractivity contribution < 1.29 is 19.2 Å². The van der Waals surface area contributed by atoms with Crippen molar-refractivity contribution in [2.24, 2.45) is 5.92 Å². The minimum absolute atomic E-state index is 0.0600. The first-order valence-electron chi connectivity index (χ1n) is 9.68. The molecule has 0 aliphatic heterocycles. The number of hydrogen-bond acceptors (Lipinski definition) is 5. The second-order valence-corrected chi connectivity index (χ2v) is 7.67. The standard InChI is InChI=1S/C21H29N3O4/c1-14(2)13-24(12-11-20(26)27)19(25)10-9-18-22-21(23-28-18)17-7-5-16(6-8-17)15(3)4/h5-8,14-15H,9-13H2,1-4H3,(H,26,27). The fourth-order valence-electron chi connectivity index (χ4n) is 2.85. The molecular formula is C21H29N3O4. The summed E-state index contributed by atoms with van der Waals surface area (Å²) in [5.41, 5.74) is 2.11. The molecule has 1 aromatic carbocycles. The van der Waals surface area contributed by atoms with Crippen molar-refractivity contribution in [3.63, 3.8) is 0 Å². The van der Waals surface area contributed by atoms with Gasteiger partial charge in [-0.1, -0.05) is 57.1 Å². The molecule has 1 aromatic heterocycles. The molecule has 0 aliphatic rings. The number of carboxylic acid groups (broad SMARTS) is 1. The zero-order valence-corrected chi connectivity index (χ0v) is 17.0. The van der Waals surface area contributed by atoms with Crippen LogP contribution in [0.3, 0.4) is 0 Å². The number of nitrogens with zero attached hydrogens (tertiary/aromatic N) is 3. The Morgan fingerprint density at radius 1 is 1.11 bits per heavy atom. The molecule has 0 aliphatic carbocycles. The van der Waals surface area contributed by atoms with Crippen LogP contribution in [0, 0.1) is 5.92 Å². The largest absolute Gasteiger partial charge is 0.481 e. The van der Waals surface area contributed by atoms with Crippen LogP contribution < -0.4 is 0 Å². The molecule has 28 heavy (non-hydrogen) atoms. The number of carbonyl (C=O) groups is 2. The van der Waals surface area contributed by atoms with E-state index in [1.807, 2.05) is 38.1 Å². The van der Waals surface area contributed by atoms with E-state index in [2.05, 4.69) is 24.0 Å². The van der Waals surface area contributed by atoms with Gasteiger partial charge in [-0.15, -0.1) is 0 Å². The van der Waals surface area contributed by atoms with Crippen molar-refractivity contribution in [2.75, 3.05) is 13.1 Å². The monoisotopic (exact) mass is 387 g/mol. The Morgan fingerprint density at radius 3 is 2.36 bits per heavy atom. The van der Waals surface area contributed by atoms with E-state index >= 15 is 0 Å². The molecule has 0 saturated carbocycles. The van der Waals surface area contributed by atoms with Crippen molar-refractivity contribution in [1.82, 2.24) is 15.0 Å². The number of benzene rings is 1. The number of carbonyl (C=O) groups excluding carboxylic acids is 1. The summed E-state index contributed by atoms with van der Waals surface area (Å²) in [5, 5.41) is 12.9. The third-order valence-corrected chi connectivity index (χ3v) is 4.39. The lowest BCUT2D eigenvalue weighted by molar-refractivity contribution is -0.138. The van der Waals surface area contributed by atoms with Crippen molar-refractivity contribution in [3.05, 3.63) is 35.7 Å². The molecule has 0 spiro atoms. The molecule has 152 valence electrons. The molecule has 0 radical (unpaired) electrons. The predicted octanol–water partition coefficient (Wildman–Crippen LogP) is 3.75. The van der Waals surface area contributed by atoms with Crippen LogP contribution >= 0.6 is 0 Å². The fourth-order valence-corrected chi connectivity index (χ4v) is 2.85. The SMILES string of the molecule is CC(C)CN(CCC(=O)O)C(=O)CCc1nc(-c2ccc(C(C)C)cc2)no1. The number of rotatable bonds is 10. The van der Waals surface area contributed by atoms with Gasteiger partial charge in [0.1, 0.15) is 0 Å². The van der Waals surface area contributed by atoms with E-state index in [4.69, 9.17) is 9.63 Å². The summed E-state index contributed by atoms with van der Waals surface area (Å²) in [7, 11) is 0. The lowest BCUT2D eigenvalue weighted by atomic mass is 10.0. The molecule has 1 heterocycles. The molecule has 0 saturated heterocycles. The van der Waals surface area contributed by atoms with E-state index < -0.39 is 5.97 Å². The first-order valence-corrected chi connectivity index (χ1v) is 9.68. The first kappa shape index (κ1) is 21.6. The Morgan fingerprint density at radius 2 is 1.79 bits per heavy atom. The van der Waals surface area contributed by atoms with E-state index in [9.17, 15) is 9.59 Å². The average molecular weight is 387 g/mol. The lowest BCUT2D eigenvalue weighted by Gasteiger charge is -2.23. The second-order valence-electron chi connectivity index (χ2n) is 7.67. The minimum Gasteiger partial charge on any atom is -0.481 e. The van der Waals surface area contributed by atoms with Crippen LogP contribution in [0.25, 0.3) is 11.4 Å². The minimum atomic E-state index is -0.911. The zero-order chi connectivity index (χ0) is 20.7. The van der Waals surface area contributed by atoms with Gasteiger partial charge in [-0.25, -0.2) is 0 Å². The van der Waals surface area contributed by atoms with E-state index in [0.29, 0.717) is 30.6 Å². The summed E-state index contributed by atoms with van der Waals surface area (Å²) >= 11 is 0. The van der Waals surface area contributed by atoms with Gasteiger partial charge >= 0.3 is 5.97 Å². The van der Waals surface area contributed by atoms with E-state index in [0.717, 1.165) is 5.56 Å². The Hall–Kier alpha value is -2.70. The average Bonchev–Trinajstić information content (AvgIpc) is 3.11. The van der Waals surface area contributed by atoms with Gasteiger partial charge in [0, 0.05) is 31.5 Å². The van der Waals surface area contributed by atoms with Crippen LogP contribution in [-0.2, 0) is 16.0 Å². The molecule has 2 rings (SSSR count). The summed E-state index contributed by atoms with van der Waals surface area (Å²) in [6.07, 6.45) is 0.480. The fraction of sp³-hybridized carbons (Fsp3) is 0.524. The number of hydrogen-bond donors (Lipinski definition) is 1. The molecular weight excluding hydrogens is 358 g/mol. The van der Waals surface area contributed by atoms with Gasteiger partial charge in [0.05, 0.1) is 6.42 Å². The van der Waals surface area contributed by atoms with E-state index in [1.165, 1.54) is 5.56 Å². The quantitative estimate of drug-likeness (QED) is 0.667. The summed E-state index contributed by atoms with van der Waals surface area (Å²) < 4.78 is 5.28. The molecule has 0 bridgehead atoms. The van der Waals surface area contributed by atoms with Gasteiger partial charge < -0.3 is 14.5 Å². The molecule has 7 nitrogen and oxygen atoms in total. The molecule has 0 atom stereocenters. The maximum absolute atomic E-state index is 12.5. The Balaban J connectivity index is 1.96. The number of carboxylic acids is 1. The highest BCUT2D eigenvalue weighted by atomic mass is 16.5. The normalized spacial score (nSPS) is 11.2. The van der Waals surface area contributed by atoms with Crippen LogP contribution in [0.15, 0.2) is 28.8 Å². The highest BCUT2D eigenvalue weighted by Gasteiger charge is 2.18. The molecule has 2 aromatic rings. The Kier molecular flexibility index (Phi) is 7.72. The van der Waals surface area contributed by atoms with Crippen LogP contribution in [0.4, 0.5) is 0 Å². The number of aliphatic carboxylic acids is 1. The number of aryl methyl sites for hydroxylation is 1. The number of aromatic nitrogens is 2. The highest BCUT2D eigenvalue weighted by Crippen LogP contribution is 2.21.